The van der Waals surface area contributed by atoms with Crippen LogP contribution in [-0.4, -0.2) is 32.6 Å². The van der Waals surface area contributed by atoms with Crippen LogP contribution in [-0.2, 0) is 0 Å². The van der Waals surface area contributed by atoms with Crippen LogP contribution in [0.25, 0.3) is 162 Å². The zero-order valence-electron chi connectivity index (χ0n) is 46.6. The minimum Gasteiger partial charge on any atom is -0.537 e. The number of rotatable bonds is 7. The molecule has 0 saturated heterocycles. The van der Waals surface area contributed by atoms with E-state index in [1.165, 1.54) is 74.3 Å². The van der Waals surface area contributed by atoms with Gasteiger partial charge in [-0.3, -0.25) is 0 Å². The lowest BCUT2D eigenvalue weighted by Crippen LogP contribution is -1.99. The van der Waals surface area contributed by atoms with E-state index in [0.29, 0.717) is 29.8 Å². The SMILES string of the molecule is C.C.Clc1ncnc2c1oc1ccc3ccccc3c12.O[B]Oc1cccc(-c2cccc(-c3cccc4c3sc3ccccc34)c2)c1.c1cc(-c2cccc(-c3cccc4c3sc3ccccc34)c2)cc(-c2ncnc3c2oc2ccc4ccccc4c23)c1. The van der Waals surface area contributed by atoms with Crippen molar-refractivity contribution in [2.45, 2.75) is 14.9 Å². The molecule has 431 valence electrons. The molecule has 0 unspecified atom stereocenters. The van der Waals surface area contributed by atoms with Crippen LogP contribution in [0.2, 0.25) is 5.15 Å². The van der Waals surface area contributed by atoms with Gasteiger partial charge in [-0.25, -0.2) is 19.9 Å². The molecule has 1 N–H and O–H groups in total. The van der Waals surface area contributed by atoms with Crippen LogP contribution in [0.15, 0.2) is 276 Å². The van der Waals surface area contributed by atoms with E-state index in [1.54, 1.807) is 6.33 Å². The summed E-state index contributed by atoms with van der Waals surface area (Å²) in [6, 6.07) is 88.6. The summed E-state index contributed by atoms with van der Waals surface area (Å²) in [6.07, 6.45) is 3.11. The monoisotopic (exact) mass is 1220 g/mol. The molecule has 0 aliphatic rings. The number of benzene rings is 12. The van der Waals surface area contributed by atoms with Gasteiger partial charge in [0.2, 0.25) is 0 Å². The maximum atomic E-state index is 8.89. The lowest BCUT2D eigenvalue weighted by molar-refractivity contribution is 0.454. The Labute approximate surface area is 531 Å². The summed E-state index contributed by atoms with van der Waals surface area (Å²) in [7, 11) is 0.706. The molecule has 0 bridgehead atoms. The molecule has 18 aromatic rings. The summed E-state index contributed by atoms with van der Waals surface area (Å²) < 4.78 is 22.5. The van der Waals surface area contributed by atoms with Crippen molar-refractivity contribution in [2.75, 3.05) is 0 Å². The minimum atomic E-state index is 0. The highest BCUT2D eigenvalue weighted by Gasteiger charge is 2.19. The first kappa shape index (κ1) is 57.2. The van der Waals surface area contributed by atoms with Crippen molar-refractivity contribution in [1.29, 1.82) is 0 Å². The number of nitrogens with zero attached hydrogens (tertiary/aromatic N) is 4. The molecule has 12 heteroatoms. The molecular weight excluding hydrogens is 1170 g/mol. The first-order valence-electron chi connectivity index (χ1n) is 28.6. The zero-order valence-corrected chi connectivity index (χ0v) is 49.0. The van der Waals surface area contributed by atoms with E-state index < -0.39 is 0 Å². The van der Waals surface area contributed by atoms with Crippen molar-refractivity contribution in [3.05, 3.63) is 273 Å². The molecular formula is C78H53BClN4O4S2. The number of halogens is 1. The van der Waals surface area contributed by atoms with Gasteiger partial charge in [0.05, 0.1) is 10.8 Å². The van der Waals surface area contributed by atoms with Crippen molar-refractivity contribution in [3.63, 3.8) is 0 Å². The number of aromatic nitrogens is 4. The Morgan fingerprint density at radius 2 is 0.800 bits per heavy atom. The van der Waals surface area contributed by atoms with E-state index in [9.17, 15) is 0 Å². The van der Waals surface area contributed by atoms with E-state index in [2.05, 4.69) is 215 Å². The third-order valence-electron chi connectivity index (χ3n) is 16.2. The molecule has 90 heavy (non-hydrogen) atoms. The van der Waals surface area contributed by atoms with Crippen LogP contribution < -0.4 is 4.65 Å². The van der Waals surface area contributed by atoms with Crippen LogP contribution in [0.1, 0.15) is 14.9 Å². The summed E-state index contributed by atoms with van der Waals surface area (Å²) in [5, 5.41) is 21.1. The molecule has 0 saturated carbocycles. The van der Waals surface area contributed by atoms with Gasteiger partial charge in [-0.15, -0.1) is 22.7 Å². The van der Waals surface area contributed by atoms with E-state index in [-0.39, 0.29) is 14.9 Å². The Hall–Kier alpha value is -10.5. The van der Waals surface area contributed by atoms with Crippen molar-refractivity contribution >= 4 is 148 Å². The first-order valence-corrected chi connectivity index (χ1v) is 30.6. The average Bonchev–Trinajstić information content (AvgIpc) is 1.68. The van der Waals surface area contributed by atoms with Crippen LogP contribution in [0.5, 0.6) is 5.75 Å². The zero-order chi connectivity index (χ0) is 58.7. The summed E-state index contributed by atoms with van der Waals surface area (Å²) in [5.74, 6) is 0.608. The molecule has 18 rings (SSSR count). The number of fused-ring (bicyclic) bond motifs is 16. The number of thiophene rings is 2. The topological polar surface area (TPSA) is 107 Å². The number of hydrogen-bond acceptors (Lipinski definition) is 10. The normalized spacial score (nSPS) is 11.3. The van der Waals surface area contributed by atoms with Gasteiger partial charge in [-0.05, 0) is 121 Å². The van der Waals surface area contributed by atoms with Crippen molar-refractivity contribution in [3.8, 4) is 61.5 Å². The van der Waals surface area contributed by atoms with E-state index in [4.69, 9.17) is 35.1 Å². The average molecular weight is 1220 g/mol. The number of hydrogen-bond donors (Lipinski definition) is 1. The molecule has 0 amide bonds. The third kappa shape index (κ3) is 10.2. The molecule has 6 heterocycles. The highest BCUT2D eigenvalue weighted by atomic mass is 35.5. The predicted octanol–water partition coefficient (Wildman–Crippen LogP) is 22.6. The summed E-state index contributed by atoms with van der Waals surface area (Å²) in [6.45, 7) is 0. The Balaban J connectivity index is 0.000000127. The fraction of sp³-hybridized carbons (Fsp3) is 0.0256. The maximum absolute atomic E-state index is 8.89. The van der Waals surface area contributed by atoms with Crippen LogP contribution in [0, 0.1) is 0 Å². The fourth-order valence-corrected chi connectivity index (χ4v) is 14.8. The van der Waals surface area contributed by atoms with Crippen molar-refractivity contribution in [2.24, 2.45) is 0 Å². The second-order valence-electron chi connectivity index (χ2n) is 21.3. The standard InChI is InChI=1S/C38H22N2OS.C24H16BO2S.C14H7ClN2O.2CH4/c1-2-13-28-23(8-1)18-19-32-34(28)36-37(41-32)35(39-22-40-36)27-12-6-10-25(21-27)24-9-5-11-26(20-24)29-15-7-16-31-30-14-3-4-17-33(30)42-38(29)31;26-25-27-19-9-4-7-17(15-19)16-6-3-8-18(14-16)20-11-5-12-22-21-10-1-2-13-23(21)28-24(20)22;15-14-13-12(16-7-17-14)11-9-4-2-1-3-8(9)5-6-10(11)18-13;;/h1-22H;1-15,26H;1-7H;2*1H4. The van der Waals surface area contributed by atoms with E-state index in [0.717, 1.165) is 82.6 Å². The summed E-state index contributed by atoms with van der Waals surface area (Å²) in [5.41, 5.74) is 15.6. The highest BCUT2D eigenvalue weighted by Crippen LogP contribution is 2.44. The van der Waals surface area contributed by atoms with Crippen molar-refractivity contribution in [1.82, 2.24) is 19.9 Å². The smallest absolute Gasteiger partial charge is 0.537 e. The van der Waals surface area contributed by atoms with Crippen LogP contribution >= 0.6 is 34.3 Å². The van der Waals surface area contributed by atoms with Gasteiger partial charge in [0.15, 0.2) is 16.3 Å². The van der Waals surface area contributed by atoms with Gasteiger partial charge in [0.25, 0.3) is 0 Å². The molecule has 0 aliphatic heterocycles. The molecule has 6 aromatic heterocycles. The molecule has 0 spiro atoms. The van der Waals surface area contributed by atoms with E-state index in [1.807, 2.05) is 77.3 Å². The lowest BCUT2D eigenvalue weighted by atomic mass is 9.96. The molecule has 0 aliphatic carbocycles. The Morgan fingerprint density at radius 3 is 1.36 bits per heavy atom. The van der Waals surface area contributed by atoms with Gasteiger partial charge >= 0.3 is 7.69 Å². The maximum Gasteiger partial charge on any atom is 0.569 e. The molecule has 0 atom stereocenters. The second kappa shape index (κ2) is 24.2. The third-order valence-corrected chi connectivity index (χ3v) is 18.9. The number of furan rings is 2. The molecule has 12 aromatic carbocycles. The van der Waals surface area contributed by atoms with Crippen LogP contribution in [0.3, 0.4) is 0 Å². The van der Waals surface area contributed by atoms with E-state index >= 15 is 0 Å². The first-order chi connectivity index (χ1) is 43.5. The molecule has 0 fully saturated rings. The molecule has 8 nitrogen and oxygen atoms in total. The summed E-state index contributed by atoms with van der Waals surface area (Å²) >= 11 is 9.74. The predicted molar refractivity (Wildman–Crippen MR) is 380 cm³/mol. The minimum absolute atomic E-state index is 0. The van der Waals surface area contributed by atoms with Gasteiger partial charge in [-0.1, -0.05) is 227 Å². The van der Waals surface area contributed by atoms with Gasteiger partial charge in [0.1, 0.15) is 46.3 Å². The van der Waals surface area contributed by atoms with Gasteiger partial charge in [0, 0.05) is 45.9 Å². The molecule has 1 radical (unpaired) electrons. The largest absolute Gasteiger partial charge is 0.569 e. The van der Waals surface area contributed by atoms with Crippen LogP contribution in [0.4, 0.5) is 0 Å². The summed E-state index contributed by atoms with van der Waals surface area (Å²) in [4.78, 5) is 17.6. The van der Waals surface area contributed by atoms with Gasteiger partial charge < -0.3 is 18.5 Å². The Morgan fingerprint density at radius 1 is 0.378 bits per heavy atom. The second-order valence-corrected chi connectivity index (χ2v) is 23.8. The van der Waals surface area contributed by atoms with Gasteiger partial charge in [-0.2, -0.15) is 0 Å². The Bertz CT molecular complexity index is 5740. The lowest BCUT2D eigenvalue weighted by Gasteiger charge is -2.09. The van der Waals surface area contributed by atoms with Crippen molar-refractivity contribution < 1.29 is 18.5 Å². The fourth-order valence-electron chi connectivity index (χ4n) is 12.2. The Kier molecular flexibility index (Phi) is 15.4. The quantitative estimate of drug-likeness (QED) is 0.124. The highest BCUT2D eigenvalue weighted by molar-refractivity contribution is 7.26.